The smallest absolute Gasteiger partial charge is 0.245 e. The average molecular weight is 401 g/mol. The van der Waals surface area contributed by atoms with Gasteiger partial charge in [0.05, 0.1) is 11.9 Å². The van der Waals surface area contributed by atoms with Gasteiger partial charge in [0.25, 0.3) is 0 Å². The normalized spacial score (nSPS) is 11.1. The highest BCUT2D eigenvalue weighted by Gasteiger charge is 2.23. The highest BCUT2D eigenvalue weighted by atomic mass is 79.9. The van der Waals surface area contributed by atoms with E-state index in [9.17, 15) is 17.6 Å². The van der Waals surface area contributed by atoms with Gasteiger partial charge in [-0.25, -0.2) is 12.8 Å². The Morgan fingerprint density at radius 3 is 2.52 bits per heavy atom. The number of hydrogen-bond donors (Lipinski definition) is 1. The van der Waals surface area contributed by atoms with Crippen molar-refractivity contribution >= 4 is 43.2 Å². The summed E-state index contributed by atoms with van der Waals surface area (Å²) < 4.78 is 39.2. The molecule has 122 valence electrons. The molecule has 0 spiro atoms. The standard InChI is InChI=1S/C15H14BrFN2O3S/c1-23(21,22)19(14-8-3-2-7-13(14)17)10-15(20)18-12-6-4-5-11(16)9-12/h2-9H,10H2,1H3,(H,18,20). The van der Waals surface area contributed by atoms with E-state index in [0.717, 1.165) is 21.1 Å². The Hall–Kier alpha value is -1.93. The molecule has 0 heterocycles. The van der Waals surface area contributed by atoms with Crippen LogP contribution in [0.25, 0.3) is 0 Å². The minimum Gasteiger partial charge on any atom is -0.324 e. The highest BCUT2D eigenvalue weighted by Crippen LogP contribution is 2.21. The molecule has 1 amide bonds. The van der Waals surface area contributed by atoms with E-state index in [0.29, 0.717) is 5.69 Å². The lowest BCUT2D eigenvalue weighted by Crippen LogP contribution is -2.38. The van der Waals surface area contributed by atoms with Crippen molar-refractivity contribution in [3.05, 3.63) is 58.8 Å². The van der Waals surface area contributed by atoms with Crippen LogP contribution in [0, 0.1) is 5.82 Å². The second-order valence-electron chi connectivity index (χ2n) is 4.78. The van der Waals surface area contributed by atoms with Crippen LogP contribution < -0.4 is 9.62 Å². The molecule has 0 radical (unpaired) electrons. The molecule has 0 unspecified atom stereocenters. The van der Waals surface area contributed by atoms with Crippen molar-refractivity contribution < 1.29 is 17.6 Å². The van der Waals surface area contributed by atoms with E-state index in [4.69, 9.17) is 0 Å². The van der Waals surface area contributed by atoms with E-state index in [1.165, 1.54) is 18.2 Å². The van der Waals surface area contributed by atoms with Crippen LogP contribution in [0.15, 0.2) is 53.0 Å². The molecule has 0 aromatic heterocycles. The van der Waals surface area contributed by atoms with Crippen molar-refractivity contribution in [1.29, 1.82) is 0 Å². The predicted octanol–water partition coefficient (Wildman–Crippen LogP) is 2.99. The Labute approximate surface area is 142 Å². The zero-order valence-corrected chi connectivity index (χ0v) is 14.6. The molecule has 8 heteroatoms. The molecule has 5 nitrogen and oxygen atoms in total. The van der Waals surface area contributed by atoms with Crippen LogP contribution in [0.4, 0.5) is 15.8 Å². The maximum absolute atomic E-state index is 13.9. The summed E-state index contributed by atoms with van der Waals surface area (Å²) in [5, 5.41) is 2.58. The van der Waals surface area contributed by atoms with Crippen LogP contribution in [-0.2, 0) is 14.8 Å². The molecule has 2 aromatic rings. The molecule has 0 aliphatic rings. The minimum absolute atomic E-state index is 0.167. The molecule has 1 N–H and O–H groups in total. The summed E-state index contributed by atoms with van der Waals surface area (Å²) >= 11 is 3.27. The fourth-order valence-corrected chi connectivity index (χ4v) is 3.19. The SMILES string of the molecule is CS(=O)(=O)N(CC(=O)Nc1cccc(Br)c1)c1ccccc1F. The molecular weight excluding hydrogens is 387 g/mol. The number of nitrogens with one attached hydrogen (secondary N) is 1. The molecule has 0 saturated heterocycles. The van der Waals surface area contributed by atoms with Gasteiger partial charge in [-0.1, -0.05) is 34.1 Å². The van der Waals surface area contributed by atoms with Gasteiger partial charge in [0, 0.05) is 10.2 Å². The van der Waals surface area contributed by atoms with Crippen LogP contribution >= 0.6 is 15.9 Å². The van der Waals surface area contributed by atoms with Crippen LogP contribution in [0.3, 0.4) is 0 Å². The van der Waals surface area contributed by atoms with Crippen molar-refractivity contribution in [1.82, 2.24) is 0 Å². The second kappa shape index (κ2) is 7.10. The molecule has 0 aliphatic carbocycles. The van der Waals surface area contributed by atoms with E-state index in [1.807, 2.05) is 0 Å². The first-order valence-electron chi connectivity index (χ1n) is 6.55. The van der Waals surface area contributed by atoms with E-state index in [-0.39, 0.29) is 5.69 Å². The van der Waals surface area contributed by atoms with Crippen LogP contribution in [0.5, 0.6) is 0 Å². The zero-order chi connectivity index (χ0) is 17.0. The Morgan fingerprint density at radius 1 is 1.22 bits per heavy atom. The molecule has 0 aliphatic heterocycles. The Balaban J connectivity index is 2.22. The number of amides is 1. The largest absolute Gasteiger partial charge is 0.324 e. The highest BCUT2D eigenvalue weighted by molar-refractivity contribution is 9.10. The summed E-state index contributed by atoms with van der Waals surface area (Å²) in [6.45, 7) is -0.522. The van der Waals surface area contributed by atoms with Crippen molar-refractivity contribution in [3.8, 4) is 0 Å². The van der Waals surface area contributed by atoms with Gasteiger partial charge in [0.15, 0.2) is 0 Å². The van der Waals surface area contributed by atoms with Crippen LogP contribution in [0.2, 0.25) is 0 Å². The molecule has 0 bridgehead atoms. The number of benzene rings is 2. The van der Waals surface area contributed by atoms with Crippen LogP contribution in [-0.4, -0.2) is 27.1 Å². The number of carbonyl (C=O) groups is 1. The third kappa shape index (κ3) is 4.77. The number of para-hydroxylation sites is 1. The summed E-state index contributed by atoms with van der Waals surface area (Å²) in [7, 11) is -3.81. The van der Waals surface area contributed by atoms with Crippen molar-refractivity contribution in [2.75, 3.05) is 22.4 Å². The average Bonchev–Trinajstić information content (AvgIpc) is 2.44. The predicted molar refractivity (Wildman–Crippen MR) is 91.4 cm³/mol. The third-order valence-electron chi connectivity index (χ3n) is 2.92. The number of carbonyl (C=O) groups excluding carboxylic acids is 1. The molecule has 0 atom stereocenters. The number of sulfonamides is 1. The van der Waals surface area contributed by atoms with Gasteiger partial charge in [-0.15, -0.1) is 0 Å². The van der Waals surface area contributed by atoms with Gasteiger partial charge >= 0.3 is 0 Å². The fourth-order valence-electron chi connectivity index (χ4n) is 1.93. The van der Waals surface area contributed by atoms with Gasteiger partial charge in [-0.3, -0.25) is 9.10 Å². The quantitative estimate of drug-likeness (QED) is 0.838. The molecule has 0 saturated carbocycles. The summed E-state index contributed by atoms with van der Waals surface area (Å²) in [5.74, 6) is -1.29. The monoisotopic (exact) mass is 400 g/mol. The van der Waals surface area contributed by atoms with E-state index in [2.05, 4.69) is 21.2 Å². The van der Waals surface area contributed by atoms with Gasteiger partial charge in [0.1, 0.15) is 12.4 Å². The van der Waals surface area contributed by atoms with Gasteiger partial charge < -0.3 is 5.32 Å². The zero-order valence-electron chi connectivity index (χ0n) is 12.2. The first-order chi connectivity index (χ1) is 10.8. The number of halogens is 2. The first kappa shape index (κ1) is 17.4. The molecule has 2 aromatic carbocycles. The van der Waals surface area contributed by atoms with Gasteiger partial charge in [-0.05, 0) is 30.3 Å². The van der Waals surface area contributed by atoms with Crippen LogP contribution in [0.1, 0.15) is 0 Å². The minimum atomic E-state index is -3.81. The number of rotatable bonds is 5. The fraction of sp³-hybridized carbons (Fsp3) is 0.133. The topological polar surface area (TPSA) is 66.5 Å². The Bertz CT molecular complexity index is 827. The number of anilines is 2. The number of hydrogen-bond acceptors (Lipinski definition) is 3. The lowest BCUT2D eigenvalue weighted by molar-refractivity contribution is -0.114. The van der Waals surface area contributed by atoms with E-state index >= 15 is 0 Å². The number of nitrogens with zero attached hydrogens (tertiary/aromatic N) is 1. The van der Waals surface area contributed by atoms with Crippen molar-refractivity contribution in [2.45, 2.75) is 0 Å². The van der Waals surface area contributed by atoms with Crippen molar-refractivity contribution in [2.24, 2.45) is 0 Å². The Kier molecular flexibility index (Phi) is 5.38. The van der Waals surface area contributed by atoms with E-state index < -0.39 is 28.3 Å². The molecular formula is C15H14BrFN2O3S. The van der Waals surface area contributed by atoms with Crippen molar-refractivity contribution in [3.63, 3.8) is 0 Å². The van der Waals surface area contributed by atoms with Gasteiger partial charge in [0.2, 0.25) is 15.9 Å². The van der Waals surface area contributed by atoms with E-state index in [1.54, 1.807) is 24.3 Å². The summed E-state index contributed by atoms with van der Waals surface area (Å²) in [4.78, 5) is 12.1. The first-order valence-corrected chi connectivity index (χ1v) is 9.19. The van der Waals surface area contributed by atoms with Gasteiger partial charge in [-0.2, -0.15) is 0 Å². The lowest BCUT2D eigenvalue weighted by Gasteiger charge is -2.22. The maximum atomic E-state index is 13.9. The summed E-state index contributed by atoms with van der Waals surface area (Å²) in [6, 6.07) is 12.2. The summed E-state index contributed by atoms with van der Waals surface area (Å²) in [5.41, 5.74) is 0.339. The second-order valence-corrected chi connectivity index (χ2v) is 7.60. The Morgan fingerprint density at radius 2 is 1.91 bits per heavy atom. The molecule has 2 rings (SSSR count). The summed E-state index contributed by atoms with van der Waals surface area (Å²) in [6.07, 6.45) is 0.922. The maximum Gasteiger partial charge on any atom is 0.245 e. The lowest BCUT2D eigenvalue weighted by atomic mass is 10.3. The molecule has 23 heavy (non-hydrogen) atoms. The molecule has 0 fully saturated rings. The third-order valence-corrected chi connectivity index (χ3v) is 4.54.